The Labute approximate surface area is 82.9 Å². The first-order chi connectivity index (χ1) is 6.33. The Morgan fingerprint density at radius 3 is 2.69 bits per heavy atom. The Kier molecular flexibility index (Phi) is 4.50. The molecule has 1 aromatic rings. The number of hydrogen-bond acceptors (Lipinski definition) is 2. The minimum absolute atomic E-state index is 0.228. The lowest BCUT2D eigenvalue weighted by molar-refractivity contribution is 0.207. The normalized spacial score (nSPS) is 13.4. The van der Waals surface area contributed by atoms with Gasteiger partial charge in [0.2, 0.25) is 0 Å². The molecule has 70 valence electrons. The minimum atomic E-state index is -0.540. The lowest BCUT2D eigenvalue weighted by Crippen LogP contribution is -2.12. The van der Waals surface area contributed by atoms with Gasteiger partial charge in [0, 0.05) is 6.21 Å². The molecule has 0 aliphatic carbocycles. The van der Waals surface area contributed by atoms with E-state index in [1.165, 1.54) is 0 Å². The average molecular weight is 198 g/mol. The molecule has 0 saturated heterocycles. The van der Waals surface area contributed by atoms with E-state index in [-0.39, 0.29) is 5.88 Å². The van der Waals surface area contributed by atoms with Crippen LogP contribution in [-0.2, 0) is 0 Å². The number of halogens is 1. The molecule has 0 heterocycles. The molecule has 0 saturated carbocycles. The van der Waals surface area contributed by atoms with Crippen molar-refractivity contribution >= 4 is 17.8 Å². The van der Waals surface area contributed by atoms with Crippen LogP contribution in [0.15, 0.2) is 35.3 Å². The van der Waals surface area contributed by atoms with Gasteiger partial charge < -0.3 is 5.11 Å². The quantitative estimate of drug-likeness (QED) is 0.579. The maximum Gasteiger partial charge on any atom is 0.0870 e. The molecule has 3 heteroatoms. The van der Waals surface area contributed by atoms with Gasteiger partial charge in [0.25, 0.3) is 0 Å². The van der Waals surface area contributed by atoms with E-state index in [0.29, 0.717) is 6.54 Å². The van der Waals surface area contributed by atoms with E-state index in [9.17, 15) is 0 Å². The van der Waals surface area contributed by atoms with E-state index < -0.39 is 6.10 Å². The molecule has 0 spiro atoms. The van der Waals surface area contributed by atoms with Crippen molar-refractivity contribution in [1.82, 2.24) is 0 Å². The van der Waals surface area contributed by atoms with Gasteiger partial charge in [-0.15, -0.1) is 11.6 Å². The second-order valence-corrected chi connectivity index (χ2v) is 3.02. The predicted octanol–water partition coefficient (Wildman–Crippen LogP) is 1.71. The van der Waals surface area contributed by atoms with Gasteiger partial charge in [0.05, 0.1) is 18.5 Å². The standard InChI is InChI=1S/C10H12ClNO/c11-6-10(13)8-12-7-9-4-2-1-3-5-9/h1-5,7,10,13H,6,8H2/t10-/m0/s1. The molecule has 0 aliphatic rings. The van der Waals surface area contributed by atoms with E-state index >= 15 is 0 Å². The van der Waals surface area contributed by atoms with E-state index in [1.54, 1.807) is 6.21 Å². The van der Waals surface area contributed by atoms with Crippen LogP contribution >= 0.6 is 11.6 Å². The minimum Gasteiger partial charge on any atom is -0.390 e. The van der Waals surface area contributed by atoms with Gasteiger partial charge in [-0.25, -0.2) is 0 Å². The highest BCUT2D eigenvalue weighted by atomic mass is 35.5. The Bertz CT molecular complexity index is 261. The molecule has 0 aromatic heterocycles. The van der Waals surface area contributed by atoms with Gasteiger partial charge >= 0.3 is 0 Å². The Morgan fingerprint density at radius 2 is 2.08 bits per heavy atom. The van der Waals surface area contributed by atoms with Crippen LogP contribution in [0.3, 0.4) is 0 Å². The topological polar surface area (TPSA) is 32.6 Å². The summed E-state index contributed by atoms with van der Waals surface area (Å²) in [6.45, 7) is 0.360. The first-order valence-electron chi connectivity index (χ1n) is 4.12. The number of hydrogen-bond donors (Lipinski definition) is 1. The summed E-state index contributed by atoms with van der Waals surface area (Å²) in [6.07, 6.45) is 1.19. The van der Waals surface area contributed by atoms with Crippen LogP contribution in [0.1, 0.15) is 5.56 Å². The third-order valence-electron chi connectivity index (χ3n) is 1.53. The number of alkyl halides is 1. The van der Waals surface area contributed by atoms with Crippen molar-refractivity contribution in [2.45, 2.75) is 6.10 Å². The largest absolute Gasteiger partial charge is 0.390 e. The van der Waals surface area contributed by atoms with Gasteiger partial charge in [0.15, 0.2) is 0 Å². The lowest BCUT2D eigenvalue weighted by Gasteiger charge is -1.99. The van der Waals surface area contributed by atoms with Gasteiger partial charge in [-0.1, -0.05) is 30.3 Å². The van der Waals surface area contributed by atoms with Crippen molar-refractivity contribution in [2.24, 2.45) is 4.99 Å². The zero-order valence-electron chi connectivity index (χ0n) is 7.23. The number of aliphatic hydroxyl groups is 1. The molecule has 1 atom stereocenters. The van der Waals surface area contributed by atoms with Crippen LogP contribution in [0.25, 0.3) is 0 Å². The zero-order chi connectivity index (χ0) is 9.52. The Balaban J connectivity index is 2.41. The fourth-order valence-electron chi connectivity index (χ4n) is 0.868. The van der Waals surface area contributed by atoms with Crippen LogP contribution in [-0.4, -0.2) is 29.8 Å². The second kappa shape index (κ2) is 5.73. The highest BCUT2D eigenvalue weighted by molar-refractivity contribution is 6.18. The smallest absolute Gasteiger partial charge is 0.0870 e. The summed E-state index contributed by atoms with van der Waals surface area (Å²) in [6, 6.07) is 9.75. The van der Waals surface area contributed by atoms with Gasteiger partial charge in [-0.05, 0) is 5.56 Å². The number of nitrogens with zero attached hydrogens (tertiary/aromatic N) is 1. The van der Waals surface area contributed by atoms with Crippen molar-refractivity contribution in [3.8, 4) is 0 Å². The molecule has 2 nitrogen and oxygen atoms in total. The summed E-state index contributed by atoms with van der Waals surface area (Å²) in [5, 5.41) is 9.09. The van der Waals surface area contributed by atoms with Gasteiger partial charge in [-0.2, -0.15) is 0 Å². The van der Waals surface area contributed by atoms with Gasteiger partial charge in [0.1, 0.15) is 0 Å². The second-order valence-electron chi connectivity index (χ2n) is 2.71. The number of aliphatic hydroxyl groups excluding tert-OH is 1. The number of aliphatic imine (C=N–C) groups is 1. The predicted molar refractivity (Wildman–Crippen MR) is 55.6 cm³/mol. The van der Waals surface area contributed by atoms with Gasteiger partial charge in [-0.3, -0.25) is 4.99 Å². The van der Waals surface area contributed by atoms with E-state index in [0.717, 1.165) is 5.56 Å². The molecule has 1 aromatic carbocycles. The molecular weight excluding hydrogens is 186 g/mol. The molecule has 0 fully saturated rings. The third-order valence-corrected chi connectivity index (χ3v) is 1.89. The Morgan fingerprint density at radius 1 is 1.38 bits per heavy atom. The fourth-order valence-corrected chi connectivity index (χ4v) is 0.965. The molecule has 0 unspecified atom stereocenters. The Hall–Kier alpha value is -0.860. The molecule has 13 heavy (non-hydrogen) atoms. The third kappa shape index (κ3) is 4.06. The summed E-state index contributed by atoms with van der Waals surface area (Å²) in [5.74, 6) is 0.228. The molecule has 0 amide bonds. The summed E-state index contributed by atoms with van der Waals surface area (Å²) in [7, 11) is 0. The van der Waals surface area contributed by atoms with Crippen molar-refractivity contribution in [2.75, 3.05) is 12.4 Å². The summed E-state index contributed by atoms with van der Waals surface area (Å²) in [4.78, 5) is 4.05. The zero-order valence-corrected chi connectivity index (χ0v) is 7.98. The molecular formula is C10H12ClNO. The molecule has 0 aliphatic heterocycles. The van der Waals surface area contributed by atoms with Crippen LogP contribution in [0.4, 0.5) is 0 Å². The average Bonchev–Trinajstić information content (AvgIpc) is 2.19. The van der Waals surface area contributed by atoms with Crippen LogP contribution in [0, 0.1) is 0 Å². The lowest BCUT2D eigenvalue weighted by atomic mass is 10.2. The van der Waals surface area contributed by atoms with E-state index in [1.807, 2.05) is 30.3 Å². The van der Waals surface area contributed by atoms with Crippen molar-refractivity contribution in [1.29, 1.82) is 0 Å². The highest BCUT2D eigenvalue weighted by Crippen LogP contribution is 1.95. The van der Waals surface area contributed by atoms with Crippen molar-refractivity contribution in [3.63, 3.8) is 0 Å². The van der Waals surface area contributed by atoms with Crippen molar-refractivity contribution < 1.29 is 5.11 Å². The van der Waals surface area contributed by atoms with Crippen LogP contribution in [0.2, 0.25) is 0 Å². The monoisotopic (exact) mass is 197 g/mol. The summed E-state index contributed by atoms with van der Waals surface area (Å²) >= 11 is 5.41. The van der Waals surface area contributed by atoms with E-state index in [2.05, 4.69) is 4.99 Å². The number of rotatable bonds is 4. The molecule has 0 radical (unpaired) electrons. The molecule has 1 rings (SSSR count). The maximum atomic E-state index is 9.09. The first kappa shape index (κ1) is 10.2. The molecule has 0 bridgehead atoms. The summed E-state index contributed by atoms with van der Waals surface area (Å²) in [5.41, 5.74) is 1.03. The first-order valence-corrected chi connectivity index (χ1v) is 4.65. The SMILES string of the molecule is O[C@@H](CCl)CN=Cc1ccccc1. The summed E-state index contributed by atoms with van der Waals surface area (Å²) < 4.78 is 0. The maximum absolute atomic E-state index is 9.09. The van der Waals surface area contributed by atoms with Crippen molar-refractivity contribution in [3.05, 3.63) is 35.9 Å². The van der Waals surface area contributed by atoms with E-state index in [4.69, 9.17) is 16.7 Å². The fraction of sp³-hybridized carbons (Fsp3) is 0.300. The van der Waals surface area contributed by atoms with Crippen LogP contribution in [0.5, 0.6) is 0 Å². The number of benzene rings is 1. The highest BCUT2D eigenvalue weighted by Gasteiger charge is 1.97. The van der Waals surface area contributed by atoms with Crippen LogP contribution < -0.4 is 0 Å². The molecule has 1 N–H and O–H groups in total.